The van der Waals surface area contributed by atoms with Crippen molar-refractivity contribution in [1.29, 1.82) is 0 Å². The molecule has 0 heterocycles. The summed E-state index contributed by atoms with van der Waals surface area (Å²) in [5.41, 5.74) is 4.05. The maximum atomic E-state index is 12.0. The van der Waals surface area contributed by atoms with Crippen molar-refractivity contribution in [3.63, 3.8) is 0 Å². The maximum Gasteiger partial charge on any atom is 0.525 e. The molecule has 0 aromatic rings. The number of halogens is 4. The SMILES string of the molecule is NC(Cl)C1C=CC=CC1(O)OC(F)(F)F. The first kappa shape index (κ1) is 12.5. The van der Waals surface area contributed by atoms with E-state index in [-0.39, 0.29) is 0 Å². The minimum atomic E-state index is -4.96. The summed E-state index contributed by atoms with van der Waals surface area (Å²) in [4.78, 5) is 0. The molecule has 0 aliphatic heterocycles. The second kappa shape index (κ2) is 4.13. The number of hydrogen-bond acceptors (Lipinski definition) is 3. The van der Waals surface area contributed by atoms with Gasteiger partial charge in [0.1, 0.15) is 0 Å². The summed E-state index contributed by atoms with van der Waals surface area (Å²) in [5.74, 6) is -3.71. The second-order valence-electron chi connectivity index (χ2n) is 3.01. The van der Waals surface area contributed by atoms with Gasteiger partial charge in [0.15, 0.2) is 0 Å². The van der Waals surface area contributed by atoms with Gasteiger partial charge in [0.25, 0.3) is 0 Å². The van der Waals surface area contributed by atoms with E-state index in [4.69, 9.17) is 17.3 Å². The molecule has 3 unspecified atom stereocenters. The highest BCUT2D eigenvalue weighted by Crippen LogP contribution is 2.34. The lowest BCUT2D eigenvalue weighted by Crippen LogP contribution is -2.48. The van der Waals surface area contributed by atoms with Crippen molar-refractivity contribution in [3.05, 3.63) is 24.3 Å². The zero-order valence-corrected chi connectivity index (χ0v) is 8.16. The van der Waals surface area contributed by atoms with Crippen LogP contribution in [0.1, 0.15) is 0 Å². The molecule has 1 rings (SSSR count). The molecule has 0 spiro atoms. The Kier molecular flexibility index (Phi) is 3.44. The van der Waals surface area contributed by atoms with E-state index in [0.29, 0.717) is 0 Å². The Labute approximate surface area is 89.0 Å². The van der Waals surface area contributed by atoms with Crippen molar-refractivity contribution in [1.82, 2.24) is 0 Å². The van der Waals surface area contributed by atoms with Gasteiger partial charge in [-0.05, 0) is 6.08 Å². The molecule has 0 saturated carbocycles. The Balaban J connectivity index is 2.89. The van der Waals surface area contributed by atoms with Crippen LogP contribution in [-0.4, -0.2) is 22.8 Å². The van der Waals surface area contributed by atoms with E-state index >= 15 is 0 Å². The highest BCUT2D eigenvalue weighted by Gasteiger charge is 2.47. The number of rotatable bonds is 2. The van der Waals surface area contributed by atoms with Gasteiger partial charge in [-0.2, -0.15) is 0 Å². The normalized spacial score (nSPS) is 33.1. The number of nitrogens with two attached hydrogens (primary N) is 1. The molecule has 15 heavy (non-hydrogen) atoms. The fourth-order valence-electron chi connectivity index (χ4n) is 1.25. The Hall–Kier alpha value is -0.560. The van der Waals surface area contributed by atoms with E-state index < -0.39 is 23.6 Å². The Morgan fingerprint density at radius 1 is 1.47 bits per heavy atom. The quantitative estimate of drug-likeness (QED) is 0.439. The molecular formula is C8H9ClF3NO2. The number of ether oxygens (including phenoxy) is 1. The van der Waals surface area contributed by atoms with Crippen molar-refractivity contribution in [2.75, 3.05) is 0 Å². The summed E-state index contributed by atoms with van der Waals surface area (Å²) in [6.45, 7) is 0. The number of allylic oxidation sites excluding steroid dienone is 2. The van der Waals surface area contributed by atoms with E-state index in [9.17, 15) is 18.3 Å². The highest BCUT2D eigenvalue weighted by molar-refractivity contribution is 6.20. The Morgan fingerprint density at radius 3 is 2.53 bits per heavy atom. The molecule has 0 bridgehead atoms. The first-order valence-electron chi connectivity index (χ1n) is 3.99. The van der Waals surface area contributed by atoms with E-state index in [0.717, 1.165) is 6.08 Å². The average molecular weight is 244 g/mol. The van der Waals surface area contributed by atoms with E-state index in [1.54, 1.807) is 0 Å². The maximum absolute atomic E-state index is 12.0. The summed E-state index contributed by atoms with van der Waals surface area (Å²) in [6.07, 6.45) is -0.201. The monoisotopic (exact) mass is 243 g/mol. The largest absolute Gasteiger partial charge is 0.525 e. The van der Waals surface area contributed by atoms with Gasteiger partial charge in [-0.25, -0.2) is 0 Å². The molecule has 3 atom stereocenters. The zero-order valence-electron chi connectivity index (χ0n) is 7.41. The predicted molar refractivity (Wildman–Crippen MR) is 47.7 cm³/mol. The van der Waals surface area contributed by atoms with Gasteiger partial charge < -0.3 is 10.8 Å². The van der Waals surface area contributed by atoms with Crippen LogP contribution in [-0.2, 0) is 4.74 Å². The summed E-state index contributed by atoms with van der Waals surface area (Å²) >= 11 is 5.46. The van der Waals surface area contributed by atoms with E-state index in [1.807, 2.05) is 0 Å². The molecule has 0 amide bonds. The first-order chi connectivity index (χ1) is 6.75. The van der Waals surface area contributed by atoms with Crippen LogP contribution in [0.25, 0.3) is 0 Å². The molecule has 0 aromatic heterocycles. The Bertz CT molecular complexity index is 290. The lowest BCUT2D eigenvalue weighted by atomic mass is 9.93. The van der Waals surface area contributed by atoms with Crippen molar-refractivity contribution in [2.24, 2.45) is 11.7 Å². The lowest BCUT2D eigenvalue weighted by Gasteiger charge is -2.34. The molecule has 7 heteroatoms. The number of hydrogen-bond donors (Lipinski definition) is 2. The van der Waals surface area contributed by atoms with Gasteiger partial charge in [0.05, 0.1) is 11.4 Å². The van der Waals surface area contributed by atoms with Crippen LogP contribution in [0.4, 0.5) is 13.2 Å². The minimum absolute atomic E-state index is 0.855. The third kappa shape index (κ3) is 3.20. The van der Waals surface area contributed by atoms with Crippen molar-refractivity contribution < 1.29 is 23.0 Å². The van der Waals surface area contributed by atoms with Crippen molar-refractivity contribution >= 4 is 11.6 Å². The van der Waals surface area contributed by atoms with Crippen LogP contribution in [0, 0.1) is 5.92 Å². The minimum Gasteiger partial charge on any atom is -0.361 e. The second-order valence-corrected chi connectivity index (χ2v) is 3.52. The molecule has 3 N–H and O–H groups in total. The molecule has 3 nitrogen and oxygen atoms in total. The zero-order chi connectivity index (χ0) is 11.7. The topological polar surface area (TPSA) is 55.5 Å². The van der Waals surface area contributed by atoms with Crippen LogP contribution in [0.2, 0.25) is 0 Å². The van der Waals surface area contributed by atoms with Gasteiger partial charge in [0.2, 0.25) is 5.79 Å². The summed E-state index contributed by atoms with van der Waals surface area (Å²) in [5, 5.41) is 9.59. The number of alkyl halides is 4. The van der Waals surface area contributed by atoms with E-state index in [1.165, 1.54) is 18.2 Å². The van der Waals surface area contributed by atoms with Gasteiger partial charge in [-0.3, -0.25) is 4.74 Å². The van der Waals surface area contributed by atoms with Crippen LogP contribution in [0.5, 0.6) is 0 Å². The van der Waals surface area contributed by atoms with Gasteiger partial charge in [-0.1, -0.05) is 18.2 Å². The van der Waals surface area contributed by atoms with E-state index in [2.05, 4.69) is 4.74 Å². The average Bonchev–Trinajstić information content (AvgIpc) is 1.99. The molecule has 1 aliphatic rings. The van der Waals surface area contributed by atoms with Crippen LogP contribution < -0.4 is 5.73 Å². The summed E-state index contributed by atoms with van der Waals surface area (Å²) in [7, 11) is 0. The van der Waals surface area contributed by atoms with Gasteiger partial charge in [-0.15, -0.1) is 24.8 Å². The summed E-state index contributed by atoms with van der Waals surface area (Å²) < 4.78 is 39.6. The molecule has 1 aliphatic carbocycles. The van der Waals surface area contributed by atoms with Gasteiger partial charge >= 0.3 is 6.36 Å². The highest BCUT2D eigenvalue weighted by atomic mass is 35.5. The van der Waals surface area contributed by atoms with Crippen LogP contribution in [0.15, 0.2) is 24.3 Å². The fourth-order valence-corrected chi connectivity index (χ4v) is 1.51. The predicted octanol–water partition coefficient (Wildman–Crippen LogP) is 1.48. The third-order valence-corrected chi connectivity index (χ3v) is 2.14. The fraction of sp³-hybridized carbons (Fsp3) is 0.500. The van der Waals surface area contributed by atoms with Gasteiger partial charge in [0, 0.05) is 0 Å². The molecule has 86 valence electrons. The molecule has 0 fully saturated rings. The third-order valence-electron chi connectivity index (χ3n) is 1.86. The van der Waals surface area contributed by atoms with Crippen molar-refractivity contribution in [3.8, 4) is 0 Å². The van der Waals surface area contributed by atoms with Crippen LogP contribution >= 0.6 is 11.6 Å². The Morgan fingerprint density at radius 2 is 2.07 bits per heavy atom. The molecular weight excluding hydrogens is 235 g/mol. The summed E-state index contributed by atoms with van der Waals surface area (Å²) in [6, 6.07) is 0. The first-order valence-corrected chi connectivity index (χ1v) is 4.43. The smallest absolute Gasteiger partial charge is 0.361 e. The van der Waals surface area contributed by atoms with Crippen LogP contribution in [0.3, 0.4) is 0 Å². The molecule has 0 aromatic carbocycles. The molecule has 0 saturated heterocycles. The lowest BCUT2D eigenvalue weighted by molar-refractivity contribution is -0.403. The molecule has 0 radical (unpaired) electrons. The van der Waals surface area contributed by atoms with Crippen molar-refractivity contribution in [2.45, 2.75) is 17.7 Å². The standard InChI is InChI=1S/C8H9ClF3NO2/c9-6(13)5-3-1-2-4-7(5,14)15-8(10,11)12/h1-6,14H,13H2. The number of aliphatic hydroxyl groups is 1.